The summed E-state index contributed by atoms with van der Waals surface area (Å²) in [6, 6.07) is 23.2. The third-order valence-corrected chi connectivity index (χ3v) is 7.08. The zero-order valence-electron chi connectivity index (χ0n) is 20.2. The maximum atomic E-state index is 13.6. The number of carbonyl (C=O) groups is 3. The molecule has 1 atom stereocenters. The summed E-state index contributed by atoms with van der Waals surface area (Å²) in [6.07, 6.45) is 0.621. The summed E-state index contributed by atoms with van der Waals surface area (Å²) >= 11 is 7.94. The number of amides is 2. The molecule has 1 aliphatic rings. The average Bonchev–Trinajstić information content (AvgIpc) is 3.13. The lowest BCUT2D eigenvalue weighted by molar-refractivity contribution is -0.124. The van der Waals surface area contributed by atoms with Crippen LogP contribution in [-0.4, -0.2) is 47.0 Å². The molecular weight excluding hydrogens is 601 g/mol. The predicted molar refractivity (Wildman–Crippen MR) is 156 cm³/mol. The molecule has 37 heavy (non-hydrogen) atoms. The van der Waals surface area contributed by atoms with Crippen molar-refractivity contribution in [1.29, 1.82) is 0 Å². The first kappa shape index (κ1) is 26.7. The van der Waals surface area contributed by atoms with Crippen LogP contribution >= 0.6 is 34.8 Å². The average molecular weight is 628 g/mol. The van der Waals surface area contributed by atoms with Gasteiger partial charge in [-0.25, -0.2) is 4.79 Å². The predicted octanol–water partition coefficient (Wildman–Crippen LogP) is 5.04. The Morgan fingerprint density at radius 3 is 2.32 bits per heavy atom. The highest BCUT2D eigenvalue weighted by Gasteiger charge is 2.43. The molecule has 1 N–H and O–H groups in total. The Morgan fingerprint density at radius 1 is 1.00 bits per heavy atom. The zero-order valence-corrected chi connectivity index (χ0v) is 23.2. The summed E-state index contributed by atoms with van der Waals surface area (Å²) in [7, 11) is 0. The van der Waals surface area contributed by atoms with Crippen molar-refractivity contribution in [2.45, 2.75) is 25.8 Å². The van der Waals surface area contributed by atoms with E-state index in [2.05, 4.69) is 27.9 Å². The topological polar surface area (TPSA) is 78.9 Å². The molecule has 3 aromatic carbocycles. The van der Waals surface area contributed by atoms with Gasteiger partial charge in [0.2, 0.25) is 5.91 Å². The van der Waals surface area contributed by atoms with Gasteiger partial charge in [-0.1, -0.05) is 30.3 Å². The van der Waals surface area contributed by atoms with E-state index in [4.69, 9.17) is 17.0 Å². The second kappa shape index (κ2) is 12.3. The number of benzene rings is 3. The summed E-state index contributed by atoms with van der Waals surface area (Å²) in [5, 5.41) is 3.21. The Bertz CT molecular complexity index is 1280. The molecule has 0 aliphatic carbocycles. The maximum absolute atomic E-state index is 13.6. The molecule has 1 heterocycles. The lowest BCUT2D eigenvalue weighted by Crippen LogP contribution is -2.39. The van der Waals surface area contributed by atoms with Crippen LogP contribution in [0.3, 0.4) is 0 Å². The number of esters is 1. The third kappa shape index (κ3) is 6.53. The van der Waals surface area contributed by atoms with Gasteiger partial charge in [0, 0.05) is 15.8 Å². The summed E-state index contributed by atoms with van der Waals surface area (Å²) in [5.41, 5.74) is 2.70. The number of ether oxygens (including phenoxy) is 1. The van der Waals surface area contributed by atoms with Crippen molar-refractivity contribution in [3.05, 3.63) is 93.6 Å². The highest BCUT2D eigenvalue weighted by atomic mass is 127. The quantitative estimate of drug-likeness (QED) is 0.204. The van der Waals surface area contributed by atoms with Crippen LogP contribution in [0.25, 0.3) is 0 Å². The van der Waals surface area contributed by atoms with Crippen LogP contribution < -0.4 is 10.2 Å². The molecule has 190 valence electrons. The van der Waals surface area contributed by atoms with Crippen LogP contribution in [-0.2, 0) is 20.7 Å². The summed E-state index contributed by atoms with van der Waals surface area (Å²) in [4.78, 5) is 41.9. The summed E-state index contributed by atoms with van der Waals surface area (Å²) in [5.74, 6) is -0.981. The summed E-state index contributed by atoms with van der Waals surface area (Å²) in [6.45, 7) is 2.50. The number of halogens is 1. The molecule has 1 saturated heterocycles. The second-order valence-corrected chi connectivity index (χ2v) is 10.0. The molecule has 0 radical (unpaired) electrons. The monoisotopic (exact) mass is 627 g/mol. The molecule has 2 amide bonds. The Kier molecular flexibility index (Phi) is 8.88. The molecular formula is C28H26IN3O4S. The van der Waals surface area contributed by atoms with Gasteiger partial charge in [0.1, 0.15) is 6.04 Å². The Morgan fingerprint density at radius 2 is 1.68 bits per heavy atom. The number of hydrogen-bond donors (Lipinski definition) is 1. The van der Waals surface area contributed by atoms with Crippen molar-refractivity contribution in [1.82, 2.24) is 4.90 Å². The fourth-order valence-electron chi connectivity index (χ4n) is 4.10. The van der Waals surface area contributed by atoms with Crippen LogP contribution in [0.2, 0.25) is 0 Å². The van der Waals surface area contributed by atoms with Gasteiger partial charge in [0.25, 0.3) is 5.91 Å². The van der Waals surface area contributed by atoms with E-state index in [9.17, 15) is 14.4 Å². The number of carbonyl (C=O) groups excluding carboxylic acids is 3. The zero-order chi connectivity index (χ0) is 26.4. The van der Waals surface area contributed by atoms with Crippen LogP contribution in [0.1, 0.15) is 29.3 Å². The van der Waals surface area contributed by atoms with E-state index in [1.54, 1.807) is 31.2 Å². The van der Waals surface area contributed by atoms with Crippen molar-refractivity contribution in [2.24, 2.45) is 0 Å². The van der Waals surface area contributed by atoms with Gasteiger partial charge in [0.15, 0.2) is 5.11 Å². The molecule has 4 rings (SSSR count). The standard InChI is InChI=1S/C28H26IN3O4S/c1-2-36-27(35)20-8-14-23(15-9-20)32-26(34)24(18-25(33)30-22-12-10-21(29)11-13-22)31(28(32)37)17-16-19-6-4-3-5-7-19/h3-15,24H,2,16-18H2,1H3,(H,30,33). The first-order valence-corrected chi connectivity index (χ1v) is 13.4. The number of anilines is 2. The fraction of sp³-hybridized carbons (Fsp3) is 0.214. The second-order valence-electron chi connectivity index (χ2n) is 8.43. The van der Waals surface area contributed by atoms with E-state index in [0.29, 0.717) is 35.0 Å². The van der Waals surface area contributed by atoms with Crippen molar-refractivity contribution in [3.63, 3.8) is 0 Å². The van der Waals surface area contributed by atoms with Crippen LogP contribution in [0.4, 0.5) is 11.4 Å². The number of nitrogens with one attached hydrogen (secondary N) is 1. The number of rotatable bonds is 9. The van der Waals surface area contributed by atoms with Gasteiger partial charge in [0.05, 0.1) is 24.3 Å². The van der Waals surface area contributed by atoms with E-state index in [1.165, 1.54) is 4.90 Å². The van der Waals surface area contributed by atoms with Gasteiger partial charge >= 0.3 is 5.97 Å². The normalized spacial score (nSPS) is 15.1. The summed E-state index contributed by atoms with van der Waals surface area (Å²) < 4.78 is 6.10. The van der Waals surface area contributed by atoms with Gasteiger partial charge in [-0.3, -0.25) is 14.5 Å². The molecule has 0 aromatic heterocycles. The van der Waals surface area contributed by atoms with Crippen molar-refractivity contribution in [2.75, 3.05) is 23.4 Å². The maximum Gasteiger partial charge on any atom is 0.338 e. The molecule has 0 spiro atoms. The van der Waals surface area contributed by atoms with E-state index in [-0.39, 0.29) is 24.8 Å². The van der Waals surface area contributed by atoms with Gasteiger partial charge < -0.3 is 15.0 Å². The molecule has 7 nitrogen and oxygen atoms in total. The van der Waals surface area contributed by atoms with Crippen LogP contribution in [0.15, 0.2) is 78.9 Å². The molecule has 1 fully saturated rings. The lowest BCUT2D eigenvalue weighted by atomic mass is 10.1. The van der Waals surface area contributed by atoms with Crippen molar-refractivity contribution in [3.8, 4) is 0 Å². The fourth-order valence-corrected chi connectivity index (χ4v) is 4.87. The van der Waals surface area contributed by atoms with Crippen LogP contribution in [0, 0.1) is 3.57 Å². The van der Waals surface area contributed by atoms with Crippen LogP contribution in [0.5, 0.6) is 0 Å². The lowest BCUT2D eigenvalue weighted by Gasteiger charge is -2.24. The molecule has 1 unspecified atom stereocenters. The Hall–Kier alpha value is -3.31. The number of thiocarbonyl (C=S) groups is 1. The minimum atomic E-state index is -0.746. The SMILES string of the molecule is CCOC(=O)c1ccc(N2C(=O)C(CC(=O)Nc3ccc(I)cc3)N(CCc3ccccc3)C2=S)cc1. The van der Waals surface area contributed by atoms with E-state index in [0.717, 1.165) is 9.13 Å². The Balaban J connectivity index is 1.55. The van der Waals surface area contributed by atoms with Crippen molar-refractivity contribution < 1.29 is 19.1 Å². The molecule has 9 heteroatoms. The minimum Gasteiger partial charge on any atom is -0.462 e. The smallest absolute Gasteiger partial charge is 0.338 e. The first-order chi connectivity index (χ1) is 17.9. The van der Waals surface area contributed by atoms with E-state index in [1.807, 2.05) is 59.5 Å². The van der Waals surface area contributed by atoms with E-state index >= 15 is 0 Å². The van der Waals surface area contributed by atoms with Gasteiger partial charge in [-0.05, 0) is 102 Å². The highest BCUT2D eigenvalue weighted by Crippen LogP contribution is 2.28. The van der Waals surface area contributed by atoms with Gasteiger partial charge in [-0.2, -0.15) is 0 Å². The largest absolute Gasteiger partial charge is 0.462 e. The van der Waals surface area contributed by atoms with E-state index < -0.39 is 12.0 Å². The molecule has 0 saturated carbocycles. The number of hydrogen-bond acceptors (Lipinski definition) is 5. The molecule has 0 bridgehead atoms. The number of nitrogens with zero attached hydrogens (tertiary/aromatic N) is 2. The highest BCUT2D eigenvalue weighted by molar-refractivity contribution is 14.1. The van der Waals surface area contributed by atoms with Gasteiger partial charge in [-0.15, -0.1) is 0 Å². The minimum absolute atomic E-state index is 0.0445. The molecule has 3 aromatic rings. The Labute approximate surface area is 234 Å². The third-order valence-electron chi connectivity index (χ3n) is 5.95. The molecule has 1 aliphatic heterocycles. The van der Waals surface area contributed by atoms with Crippen molar-refractivity contribution >= 4 is 69.1 Å². The first-order valence-electron chi connectivity index (χ1n) is 11.9.